The van der Waals surface area contributed by atoms with E-state index in [9.17, 15) is 13.2 Å². The minimum Gasteiger partial charge on any atom is -0.474 e. The van der Waals surface area contributed by atoms with Crippen LogP contribution in [-0.2, 0) is 40.4 Å². The second kappa shape index (κ2) is 7.70. The molecule has 0 saturated carbocycles. The Morgan fingerprint density at radius 2 is 1.86 bits per heavy atom. The van der Waals surface area contributed by atoms with Gasteiger partial charge in [-0.15, -0.1) is 0 Å². The average Bonchev–Trinajstić information content (AvgIpc) is 3.30. The normalized spacial score (nSPS) is 21.1. The molecular formula is C20H26N4O4S. The number of urea groups is 1. The van der Waals surface area contributed by atoms with E-state index in [4.69, 9.17) is 10.5 Å². The van der Waals surface area contributed by atoms with Gasteiger partial charge in [0.2, 0.25) is 5.90 Å². The highest BCUT2D eigenvalue weighted by Crippen LogP contribution is 2.38. The molecule has 1 aromatic rings. The summed E-state index contributed by atoms with van der Waals surface area (Å²) in [5.41, 5.74) is 11.1. The summed E-state index contributed by atoms with van der Waals surface area (Å²) in [5, 5.41) is 2.81. The van der Waals surface area contributed by atoms with Crippen molar-refractivity contribution in [1.29, 1.82) is 0 Å². The van der Waals surface area contributed by atoms with Crippen LogP contribution in [0.3, 0.4) is 0 Å². The van der Waals surface area contributed by atoms with Crippen molar-refractivity contribution < 1.29 is 17.9 Å². The maximum atomic E-state index is 12.8. The van der Waals surface area contributed by atoms with Gasteiger partial charge in [0.1, 0.15) is 0 Å². The minimum absolute atomic E-state index is 0.0620. The zero-order valence-electron chi connectivity index (χ0n) is 16.5. The lowest BCUT2D eigenvalue weighted by Crippen LogP contribution is -2.39. The van der Waals surface area contributed by atoms with Gasteiger partial charge in [-0.25, -0.2) is 17.9 Å². The van der Waals surface area contributed by atoms with Crippen LogP contribution in [0.1, 0.15) is 48.4 Å². The van der Waals surface area contributed by atoms with Crippen LogP contribution in [0.5, 0.6) is 0 Å². The van der Waals surface area contributed by atoms with Crippen LogP contribution >= 0.6 is 0 Å². The number of sulfonamides is 1. The third-order valence-corrected chi connectivity index (χ3v) is 7.04. The fraction of sp³-hybridized carbons (Fsp3) is 0.500. The monoisotopic (exact) mass is 418 g/mol. The van der Waals surface area contributed by atoms with Crippen LogP contribution in [0.4, 0.5) is 10.5 Å². The molecule has 8 nitrogen and oxygen atoms in total. The Hall–Kier alpha value is -2.55. The van der Waals surface area contributed by atoms with Gasteiger partial charge in [0.15, 0.2) is 4.91 Å². The highest BCUT2D eigenvalue weighted by atomic mass is 32.2. The predicted molar refractivity (Wildman–Crippen MR) is 111 cm³/mol. The molecule has 0 aromatic heterocycles. The molecule has 0 fully saturated rings. The Bertz CT molecular complexity index is 982. The number of nitrogens with zero attached hydrogens (tertiary/aromatic N) is 1. The Kier molecular flexibility index (Phi) is 5.24. The molecule has 9 heteroatoms. The summed E-state index contributed by atoms with van der Waals surface area (Å²) in [7, 11) is -4.22. The quantitative estimate of drug-likeness (QED) is 0.691. The topological polar surface area (TPSA) is 123 Å². The lowest BCUT2D eigenvalue weighted by Gasteiger charge is -2.22. The molecule has 29 heavy (non-hydrogen) atoms. The van der Waals surface area contributed by atoms with E-state index >= 15 is 0 Å². The predicted octanol–water partition coefficient (Wildman–Crippen LogP) is 2.12. The molecule has 0 spiro atoms. The number of aryl methyl sites for hydroxylation is 2. The molecule has 1 aliphatic heterocycles. The standard InChI is InChI=1S/C20H26N4O4S/c1-12-8-9-22-19(28-12)17(11-21)29(26,27)24-20(25)23-18-15-6-2-4-13(15)10-14-5-3-7-16(14)18/h10-12H,2-9,21H2,1H3,(H2,23,24,25). The van der Waals surface area contributed by atoms with E-state index in [0.717, 1.165) is 61.5 Å². The first-order valence-corrected chi connectivity index (χ1v) is 11.5. The zero-order chi connectivity index (χ0) is 20.6. The molecule has 156 valence electrons. The number of ether oxygens (including phenoxy) is 1. The Labute approximate surface area is 170 Å². The highest BCUT2D eigenvalue weighted by molar-refractivity contribution is 7.94. The first kappa shape index (κ1) is 19.8. The first-order valence-electron chi connectivity index (χ1n) is 10.0. The van der Waals surface area contributed by atoms with Crippen molar-refractivity contribution in [3.05, 3.63) is 39.4 Å². The Balaban J connectivity index is 1.55. The van der Waals surface area contributed by atoms with Crippen molar-refractivity contribution in [1.82, 2.24) is 4.72 Å². The number of nitrogens with one attached hydrogen (secondary N) is 2. The molecule has 0 radical (unpaired) electrons. The van der Waals surface area contributed by atoms with E-state index in [1.54, 1.807) is 0 Å². The third-order valence-electron chi connectivity index (χ3n) is 5.69. The molecule has 1 aromatic carbocycles. The summed E-state index contributed by atoms with van der Waals surface area (Å²) in [4.78, 5) is 16.4. The molecular weight excluding hydrogens is 392 g/mol. The molecule has 4 N–H and O–H groups in total. The van der Waals surface area contributed by atoms with Gasteiger partial charge >= 0.3 is 6.03 Å². The van der Waals surface area contributed by atoms with E-state index < -0.39 is 16.1 Å². The summed E-state index contributed by atoms with van der Waals surface area (Å²) in [6.07, 6.45) is 7.28. The molecule has 0 bridgehead atoms. The molecule has 0 saturated heterocycles. The maximum absolute atomic E-state index is 12.8. The van der Waals surface area contributed by atoms with Gasteiger partial charge < -0.3 is 15.8 Å². The van der Waals surface area contributed by atoms with Crippen molar-refractivity contribution in [2.75, 3.05) is 11.9 Å². The van der Waals surface area contributed by atoms with Crippen LogP contribution in [-0.4, -0.2) is 33.0 Å². The lowest BCUT2D eigenvalue weighted by molar-refractivity contribution is 0.187. The van der Waals surface area contributed by atoms with E-state index in [2.05, 4.69) is 21.1 Å². The summed E-state index contributed by atoms with van der Waals surface area (Å²) in [6.45, 7) is 2.27. The Morgan fingerprint density at radius 1 is 1.21 bits per heavy atom. The fourth-order valence-corrected chi connectivity index (χ4v) is 5.26. The van der Waals surface area contributed by atoms with Crippen LogP contribution in [0.2, 0.25) is 0 Å². The average molecular weight is 419 g/mol. The largest absolute Gasteiger partial charge is 0.474 e. The number of carbonyl (C=O) groups excluding carboxylic acids is 1. The number of nitrogens with two attached hydrogens (primary N) is 1. The van der Waals surface area contributed by atoms with Crippen LogP contribution in [0.15, 0.2) is 22.2 Å². The lowest BCUT2D eigenvalue weighted by atomic mass is 9.99. The number of anilines is 1. The van der Waals surface area contributed by atoms with E-state index in [1.165, 1.54) is 11.1 Å². The van der Waals surface area contributed by atoms with E-state index in [1.807, 2.05) is 6.92 Å². The second-order valence-corrected chi connectivity index (χ2v) is 9.38. The number of fused-ring (bicyclic) bond motifs is 2. The smallest absolute Gasteiger partial charge is 0.333 e. The van der Waals surface area contributed by atoms with Crippen LogP contribution in [0.25, 0.3) is 0 Å². The molecule has 1 atom stereocenters. The van der Waals surface area contributed by atoms with Gasteiger partial charge in [-0.2, -0.15) is 0 Å². The van der Waals surface area contributed by atoms with Gasteiger partial charge in [-0.05, 0) is 67.7 Å². The molecule has 3 aliphatic rings. The van der Waals surface area contributed by atoms with Gasteiger partial charge in [-0.3, -0.25) is 4.99 Å². The number of hydrogen-bond acceptors (Lipinski definition) is 6. The fourth-order valence-electron chi connectivity index (χ4n) is 4.33. The van der Waals surface area contributed by atoms with Crippen LogP contribution in [0, 0.1) is 0 Å². The van der Waals surface area contributed by atoms with Gasteiger partial charge in [0, 0.05) is 24.9 Å². The number of carbonyl (C=O) groups is 1. The first-order chi connectivity index (χ1) is 13.9. The zero-order valence-corrected chi connectivity index (χ0v) is 17.3. The van der Waals surface area contributed by atoms with E-state index in [-0.39, 0.29) is 16.9 Å². The summed E-state index contributed by atoms with van der Waals surface area (Å²) >= 11 is 0. The van der Waals surface area contributed by atoms with Gasteiger partial charge in [0.25, 0.3) is 10.0 Å². The minimum atomic E-state index is -4.22. The number of aliphatic imine (C=N–C) groups is 1. The van der Waals surface area contributed by atoms with Crippen molar-refractivity contribution in [3.8, 4) is 0 Å². The van der Waals surface area contributed by atoms with Gasteiger partial charge in [0.05, 0.1) is 6.10 Å². The van der Waals surface area contributed by atoms with Gasteiger partial charge in [-0.1, -0.05) is 6.07 Å². The second-order valence-electron chi connectivity index (χ2n) is 7.73. The van der Waals surface area contributed by atoms with Crippen LogP contribution < -0.4 is 15.8 Å². The van der Waals surface area contributed by atoms with Crippen molar-refractivity contribution in [2.24, 2.45) is 10.7 Å². The summed E-state index contributed by atoms with van der Waals surface area (Å²) < 4.78 is 33.1. The molecule has 1 unspecified atom stereocenters. The third kappa shape index (κ3) is 3.83. The molecule has 4 rings (SSSR count). The molecule has 2 amide bonds. The molecule has 2 aliphatic carbocycles. The number of rotatable bonds is 4. The van der Waals surface area contributed by atoms with Crippen molar-refractivity contribution in [3.63, 3.8) is 0 Å². The maximum Gasteiger partial charge on any atom is 0.333 e. The van der Waals surface area contributed by atoms with E-state index in [0.29, 0.717) is 13.0 Å². The van der Waals surface area contributed by atoms with Crippen molar-refractivity contribution >= 4 is 27.6 Å². The number of benzene rings is 1. The number of hydrogen-bond donors (Lipinski definition) is 3. The summed E-state index contributed by atoms with van der Waals surface area (Å²) in [6, 6.07) is 1.45. The van der Waals surface area contributed by atoms with Crippen molar-refractivity contribution in [2.45, 2.75) is 58.0 Å². The molecule has 1 heterocycles. The highest BCUT2D eigenvalue weighted by Gasteiger charge is 2.30. The summed E-state index contributed by atoms with van der Waals surface area (Å²) in [5.74, 6) is -0.0620. The Morgan fingerprint density at radius 3 is 2.45 bits per heavy atom. The number of amides is 2. The SMILES string of the molecule is CC1CCN=C(C(=CN)S(=O)(=O)NC(=O)Nc2c3c(cc4c2CCC4)CCC3)O1.